The highest BCUT2D eigenvalue weighted by atomic mass is 14.1. The van der Waals surface area contributed by atoms with Crippen molar-refractivity contribution >= 4 is 24.3 Å². The maximum Gasteiger partial charge on any atom is -0.00139 e. The maximum atomic E-state index is 3.34. The Balaban J connectivity index is 2.50. The van der Waals surface area contributed by atoms with Crippen molar-refractivity contribution in [3.8, 4) is 0 Å². The van der Waals surface area contributed by atoms with Crippen LogP contribution in [-0.2, 0) is 0 Å². The van der Waals surface area contributed by atoms with Gasteiger partial charge in [0.25, 0.3) is 0 Å². The van der Waals surface area contributed by atoms with Crippen molar-refractivity contribution in [3.05, 3.63) is 45.8 Å². The fourth-order valence-corrected chi connectivity index (χ4v) is 1.57. The van der Waals surface area contributed by atoms with Gasteiger partial charge in [0.2, 0.25) is 0 Å². The molecule has 0 spiro atoms. The normalized spacial score (nSPS) is 15.3. The molecule has 0 N–H and O–H groups in total. The second kappa shape index (κ2) is 1.98. The van der Waals surface area contributed by atoms with Gasteiger partial charge in [-0.2, -0.15) is 0 Å². The quantitative estimate of drug-likeness (QED) is 0.515. The SMILES string of the molecule is [c]1c2c([c]c3c1=CC=C3)=CC=C2. The van der Waals surface area contributed by atoms with Crippen LogP contribution in [0.25, 0.3) is 24.3 Å². The lowest BCUT2D eigenvalue weighted by Gasteiger charge is -1.93. The molecule has 1 aromatic carbocycles. The molecule has 2 aliphatic carbocycles. The van der Waals surface area contributed by atoms with Gasteiger partial charge in [-0.25, -0.2) is 0 Å². The summed E-state index contributed by atoms with van der Waals surface area (Å²) in [7, 11) is 0. The lowest BCUT2D eigenvalue weighted by Crippen LogP contribution is -2.13. The molecule has 54 valence electrons. The number of hydrogen-bond acceptors (Lipinski definition) is 0. The first-order chi connectivity index (χ1) is 5.93. The van der Waals surface area contributed by atoms with Crippen LogP contribution in [0.4, 0.5) is 0 Å². The number of allylic oxidation sites excluding steroid dienone is 2. The first-order valence-electron chi connectivity index (χ1n) is 3.99. The van der Waals surface area contributed by atoms with Gasteiger partial charge in [-0.1, -0.05) is 36.5 Å². The third-order valence-electron chi connectivity index (χ3n) is 2.17. The monoisotopic (exact) mass is 150 g/mol. The zero-order chi connectivity index (χ0) is 7.97. The highest BCUT2D eigenvalue weighted by Gasteiger charge is 2.02. The van der Waals surface area contributed by atoms with E-state index in [1.165, 1.54) is 0 Å². The summed E-state index contributed by atoms with van der Waals surface area (Å²) in [6.45, 7) is 0. The van der Waals surface area contributed by atoms with Crippen LogP contribution in [0.1, 0.15) is 11.1 Å². The van der Waals surface area contributed by atoms with E-state index in [2.05, 4.69) is 36.4 Å². The van der Waals surface area contributed by atoms with Crippen LogP contribution < -0.4 is 10.4 Å². The van der Waals surface area contributed by atoms with Crippen molar-refractivity contribution in [2.24, 2.45) is 0 Å². The Hall–Kier alpha value is -1.56. The van der Waals surface area contributed by atoms with E-state index in [0.717, 1.165) is 21.6 Å². The number of fused-ring (bicyclic) bond motifs is 2. The largest absolute Gasteiger partial charge is 0.0610 e. The highest BCUT2D eigenvalue weighted by Crippen LogP contribution is 2.04. The summed E-state index contributed by atoms with van der Waals surface area (Å²) in [6, 6.07) is 6.68. The molecule has 1 aromatic rings. The summed E-state index contributed by atoms with van der Waals surface area (Å²) in [4.78, 5) is 0. The standard InChI is InChI=1S/C12H6/c1-3-9-7-11-5-2-6-12(11)8-10(9)4-1/h1-6H. The van der Waals surface area contributed by atoms with Gasteiger partial charge >= 0.3 is 0 Å². The van der Waals surface area contributed by atoms with E-state index < -0.39 is 0 Å². The van der Waals surface area contributed by atoms with Gasteiger partial charge in [-0.05, 0) is 33.7 Å². The van der Waals surface area contributed by atoms with E-state index in [9.17, 15) is 0 Å². The van der Waals surface area contributed by atoms with Crippen molar-refractivity contribution < 1.29 is 0 Å². The summed E-state index contributed by atoms with van der Waals surface area (Å²) >= 11 is 0. The Kier molecular flexibility index (Phi) is 0.991. The zero-order valence-electron chi connectivity index (χ0n) is 6.46. The highest BCUT2D eigenvalue weighted by molar-refractivity contribution is 5.72. The Labute approximate surface area is 70.9 Å². The van der Waals surface area contributed by atoms with E-state index in [1.807, 2.05) is 12.2 Å². The Morgan fingerprint density at radius 1 is 0.750 bits per heavy atom. The summed E-state index contributed by atoms with van der Waals surface area (Å²) in [5.41, 5.74) is 2.32. The van der Waals surface area contributed by atoms with E-state index >= 15 is 0 Å². The van der Waals surface area contributed by atoms with Gasteiger partial charge < -0.3 is 0 Å². The molecule has 0 heteroatoms. The third kappa shape index (κ3) is 0.668. The third-order valence-corrected chi connectivity index (χ3v) is 2.17. The predicted molar refractivity (Wildman–Crippen MR) is 50.4 cm³/mol. The Morgan fingerprint density at radius 2 is 1.25 bits per heavy atom. The van der Waals surface area contributed by atoms with Crippen LogP contribution in [0, 0.1) is 12.1 Å². The van der Waals surface area contributed by atoms with Gasteiger partial charge in [-0.15, -0.1) is 0 Å². The van der Waals surface area contributed by atoms with Crippen LogP contribution in [0.2, 0.25) is 0 Å². The second-order valence-electron chi connectivity index (χ2n) is 2.96. The van der Waals surface area contributed by atoms with Crippen molar-refractivity contribution in [2.45, 2.75) is 0 Å². The predicted octanol–water partition coefficient (Wildman–Crippen LogP) is 0.902. The fraction of sp³-hybridized carbons (Fsp3) is 0. The Bertz CT molecular complexity index is 464. The summed E-state index contributed by atoms with van der Waals surface area (Å²) < 4.78 is 0. The van der Waals surface area contributed by atoms with Crippen LogP contribution in [0.5, 0.6) is 0 Å². The van der Waals surface area contributed by atoms with Gasteiger partial charge in [-0.3, -0.25) is 0 Å². The molecule has 12 heavy (non-hydrogen) atoms. The first kappa shape index (κ1) is 6.01. The topological polar surface area (TPSA) is 0 Å². The van der Waals surface area contributed by atoms with Crippen LogP contribution in [0.15, 0.2) is 12.2 Å². The first-order valence-corrected chi connectivity index (χ1v) is 3.99. The molecule has 0 aromatic heterocycles. The summed E-state index contributed by atoms with van der Waals surface area (Å²) in [5, 5.41) is 2.32. The maximum absolute atomic E-state index is 3.34. The van der Waals surface area contributed by atoms with Crippen LogP contribution >= 0.6 is 0 Å². The molecular formula is C12H6. The average Bonchev–Trinajstić information content (AvgIpc) is 2.64. The Morgan fingerprint density at radius 3 is 1.75 bits per heavy atom. The average molecular weight is 150 g/mol. The van der Waals surface area contributed by atoms with Gasteiger partial charge in [0.15, 0.2) is 0 Å². The smallest absolute Gasteiger partial charge is 0.00139 e. The minimum atomic E-state index is 1.16. The molecular weight excluding hydrogens is 144 g/mol. The van der Waals surface area contributed by atoms with E-state index in [4.69, 9.17) is 0 Å². The molecule has 0 nitrogen and oxygen atoms in total. The molecule has 0 heterocycles. The second-order valence-corrected chi connectivity index (χ2v) is 2.96. The van der Waals surface area contributed by atoms with Crippen molar-refractivity contribution in [1.29, 1.82) is 0 Å². The van der Waals surface area contributed by atoms with E-state index in [0.29, 0.717) is 0 Å². The molecule has 2 aliphatic rings. The molecule has 0 bridgehead atoms. The van der Waals surface area contributed by atoms with Crippen molar-refractivity contribution in [3.63, 3.8) is 0 Å². The minimum Gasteiger partial charge on any atom is -0.0610 e. The van der Waals surface area contributed by atoms with E-state index in [-0.39, 0.29) is 0 Å². The number of benzene rings is 1. The van der Waals surface area contributed by atoms with Crippen LogP contribution in [0.3, 0.4) is 0 Å². The minimum absolute atomic E-state index is 1.16. The molecule has 2 radical (unpaired) electrons. The van der Waals surface area contributed by atoms with Gasteiger partial charge in [0.05, 0.1) is 0 Å². The van der Waals surface area contributed by atoms with Gasteiger partial charge in [0.1, 0.15) is 0 Å². The molecule has 0 saturated heterocycles. The molecule has 0 atom stereocenters. The molecule has 0 unspecified atom stereocenters. The van der Waals surface area contributed by atoms with E-state index in [1.54, 1.807) is 0 Å². The zero-order valence-corrected chi connectivity index (χ0v) is 6.46. The summed E-state index contributed by atoms with van der Waals surface area (Å²) in [6.07, 6.45) is 12.3. The van der Waals surface area contributed by atoms with Crippen molar-refractivity contribution in [2.75, 3.05) is 0 Å². The lowest BCUT2D eigenvalue weighted by atomic mass is 10.1. The number of hydrogen-bond donors (Lipinski definition) is 0. The van der Waals surface area contributed by atoms with Crippen molar-refractivity contribution in [1.82, 2.24) is 0 Å². The van der Waals surface area contributed by atoms with Crippen LogP contribution in [-0.4, -0.2) is 0 Å². The summed E-state index contributed by atoms with van der Waals surface area (Å²) in [5.74, 6) is 0. The molecule has 0 amide bonds. The lowest BCUT2D eigenvalue weighted by molar-refractivity contribution is 1.48. The molecule has 0 fully saturated rings. The fourth-order valence-electron chi connectivity index (χ4n) is 1.57. The van der Waals surface area contributed by atoms with Gasteiger partial charge in [0, 0.05) is 0 Å². The molecule has 0 saturated carbocycles. The molecule has 3 rings (SSSR count). The molecule has 0 aliphatic heterocycles. The number of rotatable bonds is 0.